The van der Waals surface area contributed by atoms with Crippen LogP contribution in [-0.2, 0) is 6.54 Å². The minimum atomic E-state index is -0.182. The molecule has 6 heteroatoms. The van der Waals surface area contributed by atoms with E-state index >= 15 is 0 Å². The number of benzene rings is 2. The van der Waals surface area contributed by atoms with Crippen molar-refractivity contribution in [1.29, 1.82) is 0 Å². The number of carbonyl (C=O) groups excluding carboxylic acids is 1. The molecule has 1 heterocycles. The molecule has 0 spiro atoms. The minimum Gasteiger partial charge on any atom is -0.322 e. The lowest BCUT2D eigenvalue weighted by Gasteiger charge is -2.22. The predicted octanol–water partition coefficient (Wildman–Crippen LogP) is 4.92. The molecule has 0 saturated heterocycles. The first-order valence-corrected chi connectivity index (χ1v) is 10.5. The molecule has 2 N–H and O–H groups in total. The van der Waals surface area contributed by atoms with Crippen molar-refractivity contribution in [2.75, 3.05) is 18.1 Å². The third-order valence-corrected chi connectivity index (χ3v) is 5.46. The number of aromatic amines is 1. The Labute approximate surface area is 169 Å². The summed E-state index contributed by atoms with van der Waals surface area (Å²) in [5.74, 6) is 0. The number of amides is 2. The molecule has 0 unspecified atom stereocenters. The molecule has 0 bridgehead atoms. The Balaban J connectivity index is 1.90. The smallest absolute Gasteiger partial charge is 0.322 e. The van der Waals surface area contributed by atoms with E-state index in [0.29, 0.717) is 13.1 Å². The summed E-state index contributed by atoms with van der Waals surface area (Å²) < 4.78 is 0. The molecule has 0 saturated carbocycles. The van der Waals surface area contributed by atoms with Gasteiger partial charge in [0.25, 0.3) is 0 Å². The van der Waals surface area contributed by atoms with Gasteiger partial charge in [0.1, 0.15) is 0 Å². The summed E-state index contributed by atoms with van der Waals surface area (Å²) in [7, 11) is 0. The van der Waals surface area contributed by atoms with Crippen molar-refractivity contribution < 1.29 is 4.79 Å². The lowest BCUT2D eigenvalue weighted by Crippen LogP contribution is -2.34. The Bertz CT molecular complexity index is 1080. The van der Waals surface area contributed by atoms with E-state index in [-0.39, 0.29) is 11.6 Å². The zero-order valence-corrected chi connectivity index (χ0v) is 17.4. The van der Waals surface area contributed by atoms with Gasteiger partial charge in [-0.3, -0.25) is 4.79 Å². The topological polar surface area (TPSA) is 65.2 Å². The van der Waals surface area contributed by atoms with Crippen LogP contribution in [0, 0.1) is 13.8 Å². The zero-order chi connectivity index (χ0) is 20.3. The fourth-order valence-corrected chi connectivity index (χ4v) is 3.81. The molecule has 3 rings (SSSR count). The first kappa shape index (κ1) is 20.0. The molecule has 2 aromatic carbocycles. The molecule has 28 heavy (non-hydrogen) atoms. The Morgan fingerprint density at radius 1 is 1.18 bits per heavy atom. The number of pyridine rings is 1. The van der Waals surface area contributed by atoms with Crippen molar-refractivity contribution in [3.05, 3.63) is 69.5 Å². The first-order chi connectivity index (χ1) is 13.4. The number of thioether (sulfide) groups is 1. The van der Waals surface area contributed by atoms with Crippen molar-refractivity contribution >= 4 is 34.4 Å². The average molecular weight is 396 g/mol. The first-order valence-electron chi connectivity index (χ1n) is 9.24. The third kappa shape index (κ3) is 4.39. The van der Waals surface area contributed by atoms with Crippen LogP contribution in [-0.4, -0.2) is 28.7 Å². The number of hydrogen-bond donors (Lipinski definition) is 2. The maximum atomic E-state index is 12.8. The summed E-state index contributed by atoms with van der Waals surface area (Å²) in [5, 5.41) is 3.94. The van der Waals surface area contributed by atoms with Gasteiger partial charge in [0.15, 0.2) is 0 Å². The maximum Gasteiger partial charge on any atom is 0.322 e. The number of aromatic nitrogens is 1. The van der Waals surface area contributed by atoms with Crippen LogP contribution in [0.15, 0.2) is 52.2 Å². The highest BCUT2D eigenvalue weighted by molar-refractivity contribution is 7.98. The molecule has 2 amide bonds. The highest BCUT2D eigenvalue weighted by Crippen LogP contribution is 2.23. The van der Waals surface area contributed by atoms with Gasteiger partial charge in [-0.05, 0) is 62.4 Å². The van der Waals surface area contributed by atoms with Crippen LogP contribution in [0.3, 0.4) is 0 Å². The van der Waals surface area contributed by atoms with Crippen molar-refractivity contribution in [3.8, 4) is 0 Å². The second-order valence-corrected chi connectivity index (χ2v) is 7.72. The Morgan fingerprint density at radius 3 is 2.68 bits per heavy atom. The number of anilines is 1. The van der Waals surface area contributed by atoms with Crippen LogP contribution in [0.5, 0.6) is 0 Å². The van der Waals surface area contributed by atoms with Gasteiger partial charge in [0.05, 0.1) is 5.52 Å². The molecule has 0 radical (unpaired) electrons. The number of aryl methyl sites for hydroxylation is 2. The van der Waals surface area contributed by atoms with Crippen molar-refractivity contribution in [3.63, 3.8) is 0 Å². The lowest BCUT2D eigenvalue weighted by atomic mass is 10.0. The Kier molecular flexibility index (Phi) is 6.09. The van der Waals surface area contributed by atoms with E-state index < -0.39 is 0 Å². The molecule has 5 nitrogen and oxygen atoms in total. The second kappa shape index (κ2) is 8.52. The van der Waals surface area contributed by atoms with Gasteiger partial charge < -0.3 is 15.2 Å². The summed E-state index contributed by atoms with van der Waals surface area (Å²) in [6, 6.07) is 13.3. The van der Waals surface area contributed by atoms with Crippen LogP contribution in [0.25, 0.3) is 10.9 Å². The molecule has 1 aromatic heterocycles. The van der Waals surface area contributed by atoms with Crippen molar-refractivity contribution in [2.24, 2.45) is 0 Å². The van der Waals surface area contributed by atoms with Crippen LogP contribution in [0.1, 0.15) is 23.6 Å². The van der Waals surface area contributed by atoms with Gasteiger partial charge >= 0.3 is 6.03 Å². The monoisotopic (exact) mass is 395 g/mol. The van der Waals surface area contributed by atoms with E-state index in [0.717, 1.165) is 38.2 Å². The number of fused-ring (bicyclic) bond motifs is 1. The zero-order valence-electron chi connectivity index (χ0n) is 16.6. The van der Waals surface area contributed by atoms with E-state index in [1.54, 1.807) is 22.7 Å². The Morgan fingerprint density at radius 2 is 1.96 bits per heavy atom. The summed E-state index contributed by atoms with van der Waals surface area (Å²) in [6.45, 7) is 6.85. The summed E-state index contributed by atoms with van der Waals surface area (Å²) in [6.07, 6.45) is 2.00. The van der Waals surface area contributed by atoms with Gasteiger partial charge in [-0.1, -0.05) is 17.7 Å². The lowest BCUT2D eigenvalue weighted by molar-refractivity contribution is 0.212. The van der Waals surface area contributed by atoms with E-state index in [2.05, 4.69) is 16.4 Å². The van der Waals surface area contributed by atoms with E-state index in [1.165, 1.54) is 0 Å². The molecule has 0 atom stereocenters. The number of urea groups is 1. The number of nitrogens with zero attached hydrogens (tertiary/aromatic N) is 1. The van der Waals surface area contributed by atoms with E-state index in [4.69, 9.17) is 0 Å². The quantitative estimate of drug-likeness (QED) is 0.603. The van der Waals surface area contributed by atoms with Gasteiger partial charge in [-0.15, -0.1) is 11.8 Å². The highest BCUT2D eigenvalue weighted by atomic mass is 32.2. The largest absolute Gasteiger partial charge is 0.322 e. The summed E-state index contributed by atoms with van der Waals surface area (Å²) in [4.78, 5) is 30.7. The summed E-state index contributed by atoms with van der Waals surface area (Å²) in [5.41, 5.74) is 4.43. The number of H-pyrrole nitrogens is 1. The summed E-state index contributed by atoms with van der Waals surface area (Å²) >= 11 is 1.63. The second-order valence-electron chi connectivity index (χ2n) is 6.84. The van der Waals surface area contributed by atoms with Gasteiger partial charge in [-0.2, -0.15) is 0 Å². The van der Waals surface area contributed by atoms with E-state index in [1.807, 2.05) is 57.4 Å². The van der Waals surface area contributed by atoms with Gasteiger partial charge in [0, 0.05) is 35.1 Å². The van der Waals surface area contributed by atoms with Crippen LogP contribution in [0.4, 0.5) is 10.5 Å². The highest BCUT2D eigenvalue weighted by Gasteiger charge is 2.15. The fraction of sp³-hybridized carbons (Fsp3) is 0.273. The van der Waals surface area contributed by atoms with Crippen LogP contribution >= 0.6 is 11.8 Å². The number of hydrogen-bond acceptors (Lipinski definition) is 3. The molecule has 0 aliphatic carbocycles. The normalized spacial score (nSPS) is 10.9. The maximum absolute atomic E-state index is 12.8. The van der Waals surface area contributed by atoms with Crippen molar-refractivity contribution in [1.82, 2.24) is 9.88 Å². The molecular weight excluding hydrogens is 370 g/mol. The minimum absolute atomic E-state index is 0.154. The van der Waals surface area contributed by atoms with Crippen LogP contribution in [0.2, 0.25) is 0 Å². The van der Waals surface area contributed by atoms with Crippen LogP contribution < -0.4 is 10.9 Å². The van der Waals surface area contributed by atoms with Crippen molar-refractivity contribution in [2.45, 2.75) is 32.2 Å². The predicted molar refractivity (Wildman–Crippen MR) is 117 cm³/mol. The fourth-order valence-electron chi connectivity index (χ4n) is 3.35. The number of nitrogens with one attached hydrogen (secondary N) is 2. The van der Waals surface area contributed by atoms with Gasteiger partial charge in [0.2, 0.25) is 5.56 Å². The molecule has 3 aromatic rings. The average Bonchev–Trinajstić information content (AvgIpc) is 2.66. The van der Waals surface area contributed by atoms with Gasteiger partial charge in [-0.25, -0.2) is 4.79 Å². The Hall–Kier alpha value is -2.73. The molecule has 0 aliphatic heterocycles. The number of rotatable bonds is 5. The molecular formula is C22H25N3O2S. The standard InChI is InChI=1S/C22H25N3O2S/c1-5-25(22(27)23-17-7-6-8-18(12-17)28-4)13-16-11-20(26)24-21-15(3)9-14(2)10-19(16)21/h6-12H,5,13H2,1-4H3,(H,23,27)(H,24,26). The SMILES string of the molecule is CCN(Cc1cc(=O)[nH]c2c(C)cc(C)cc12)C(=O)Nc1cccc(SC)c1. The third-order valence-electron chi connectivity index (χ3n) is 4.73. The molecule has 0 fully saturated rings. The number of carbonyl (C=O) groups is 1. The van der Waals surface area contributed by atoms with E-state index in [9.17, 15) is 9.59 Å². The molecule has 0 aliphatic rings. The molecule has 146 valence electrons.